The van der Waals surface area contributed by atoms with E-state index < -0.39 is 15.8 Å². The molecule has 0 aliphatic carbocycles. The minimum atomic E-state index is -3.92. The molecule has 0 unspecified atom stereocenters. The molecule has 2 atom stereocenters. The van der Waals surface area contributed by atoms with Crippen molar-refractivity contribution in [2.24, 2.45) is 0 Å². The van der Waals surface area contributed by atoms with Gasteiger partial charge in [0.25, 0.3) is 10.1 Å². The van der Waals surface area contributed by atoms with E-state index in [1.54, 1.807) is 36.5 Å². The molecule has 138 valence electrons. The van der Waals surface area contributed by atoms with Gasteiger partial charge in [-0.25, -0.2) is 9.17 Å². The molecule has 26 heavy (non-hydrogen) atoms. The fourth-order valence-corrected chi connectivity index (χ4v) is 4.97. The van der Waals surface area contributed by atoms with Crippen molar-refractivity contribution < 1.29 is 12.6 Å². The SMILES string of the molecule is Cc1ccc(S(=O)(=O)O[C@]23CN[C@@H](CN2c2cnc(Cl)c(Cl)c2)C3)cc1. The second kappa shape index (κ2) is 6.35. The van der Waals surface area contributed by atoms with Crippen LogP contribution >= 0.6 is 23.2 Å². The summed E-state index contributed by atoms with van der Waals surface area (Å²) < 4.78 is 31.5. The molecule has 0 saturated carbocycles. The molecule has 1 aromatic heterocycles. The molecule has 6 nitrogen and oxygen atoms in total. The number of pyridine rings is 1. The largest absolute Gasteiger partial charge is 0.339 e. The predicted molar refractivity (Wildman–Crippen MR) is 100 cm³/mol. The first-order valence-corrected chi connectivity index (χ1v) is 10.3. The van der Waals surface area contributed by atoms with Crippen molar-refractivity contribution in [3.05, 3.63) is 52.3 Å². The Hall–Kier alpha value is -1.38. The zero-order chi connectivity index (χ0) is 18.5. The van der Waals surface area contributed by atoms with Crippen molar-refractivity contribution in [2.45, 2.75) is 30.0 Å². The maximum Gasteiger partial charge on any atom is 0.299 e. The van der Waals surface area contributed by atoms with Crippen molar-refractivity contribution in [1.82, 2.24) is 10.3 Å². The second-order valence-corrected chi connectivity index (χ2v) is 8.97. The summed E-state index contributed by atoms with van der Waals surface area (Å²) in [6.45, 7) is 2.89. The van der Waals surface area contributed by atoms with Crippen molar-refractivity contribution in [3.63, 3.8) is 0 Å². The Labute approximate surface area is 162 Å². The van der Waals surface area contributed by atoms with Gasteiger partial charge in [0.1, 0.15) is 5.15 Å². The van der Waals surface area contributed by atoms with Gasteiger partial charge in [-0.3, -0.25) is 0 Å². The van der Waals surface area contributed by atoms with Crippen LogP contribution in [0.3, 0.4) is 0 Å². The monoisotopic (exact) mass is 413 g/mol. The van der Waals surface area contributed by atoms with Crippen LogP contribution in [-0.4, -0.2) is 38.3 Å². The Morgan fingerprint density at radius 2 is 2.04 bits per heavy atom. The summed E-state index contributed by atoms with van der Waals surface area (Å²) in [5, 5.41) is 3.82. The summed E-state index contributed by atoms with van der Waals surface area (Å²) in [5.74, 6) is 0. The van der Waals surface area contributed by atoms with Gasteiger partial charge in [-0.05, 0) is 25.1 Å². The van der Waals surface area contributed by atoms with E-state index in [-0.39, 0.29) is 16.1 Å². The first-order valence-electron chi connectivity index (χ1n) is 8.13. The molecule has 0 amide bonds. The highest BCUT2D eigenvalue weighted by Gasteiger charge is 2.54. The fourth-order valence-electron chi connectivity index (χ4n) is 3.52. The van der Waals surface area contributed by atoms with E-state index in [1.807, 2.05) is 11.8 Å². The molecule has 0 radical (unpaired) electrons. The van der Waals surface area contributed by atoms with Gasteiger partial charge in [-0.2, -0.15) is 8.42 Å². The maximum atomic E-state index is 12.8. The molecule has 2 saturated heterocycles. The van der Waals surface area contributed by atoms with Crippen LogP contribution in [0.2, 0.25) is 10.2 Å². The van der Waals surface area contributed by atoms with Gasteiger partial charge in [0, 0.05) is 25.6 Å². The third kappa shape index (κ3) is 3.08. The summed E-state index contributed by atoms with van der Waals surface area (Å²) in [6, 6.07) is 8.43. The maximum absolute atomic E-state index is 12.8. The second-order valence-electron chi connectivity index (χ2n) is 6.66. The van der Waals surface area contributed by atoms with Crippen molar-refractivity contribution in [2.75, 3.05) is 18.0 Å². The molecule has 4 rings (SSSR count). The van der Waals surface area contributed by atoms with Crippen LogP contribution < -0.4 is 10.2 Å². The van der Waals surface area contributed by atoms with E-state index in [0.29, 0.717) is 30.2 Å². The number of benzene rings is 1. The van der Waals surface area contributed by atoms with E-state index in [1.165, 1.54) is 0 Å². The van der Waals surface area contributed by atoms with Crippen LogP contribution in [-0.2, 0) is 14.3 Å². The lowest BCUT2D eigenvalue weighted by molar-refractivity contribution is 0.105. The highest BCUT2D eigenvalue weighted by Crippen LogP contribution is 2.42. The standard InChI is InChI=1S/C17H17Cl2N3O3S/c1-11-2-4-14(5-3-11)26(23,24)25-17-7-12(21-10-17)9-22(17)13-6-15(18)16(19)20-8-13/h2-6,8,12,21H,7,9-10H2,1H3/t12-,17-/m1/s1. The van der Waals surface area contributed by atoms with E-state index in [9.17, 15) is 8.42 Å². The molecule has 2 bridgehead atoms. The van der Waals surface area contributed by atoms with E-state index in [4.69, 9.17) is 27.4 Å². The molecule has 3 heterocycles. The van der Waals surface area contributed by atoms with Crippen LogP contribution in [0.5, 0.6) is 0 Å². The Kier molecular flexibility index (Phi) is 4.40. The third-order valence-electron chi connectivity index (χ3n) is 4.80. The molecule has 1 N–H and O–H groups in total. The molecular weight excluding hydrogens is 397 g/mol. The molecular formula is C17H17Cl2N3O3S. The number of aryl methyl sites for hydroxylation is 1. The molecule has 0 spiro atoms. The number of aromatic nitrogens is 1. The summed E-state index contributed by atoms with van der Waals surface area (Å²) in [4.78, 5) is 6.11. The Morgan fingerprint density at radius 3 is 2.69 bits per heavy atom. The molecule has 2 aromatic rings. The Bertz CT molecular complexity index is 952. The summed E-state index contributed by atoms with van der Waals surface area (Å²) >= 11 is 12.0. The highest BCUT2D eigenvalue weighted by atomic mass is 35.5. The van der Waals surface area contributed by atoms with Crippen LogP contribution in [0.25, 0.3) is 0 Å². The number of nitrogens with one attached hydrogen (secondary N) is 1. The quantitative estimate of drug-likeness (QED) is 0.613. The topological polar surface area (TPSA) is 71.5 Å². The number of piperazine rings is 1. The molecule has 2 fully saturated rings. The van der Waals surface area contributed by atoms with Gasteiger partial charge in [-0.15, -0.1) is 0 Å². The zero-order valence-electron chi connectivity index (χ0n) is 13.9. The predicted octanol–water partition coefficient (Wildman–Crippen LogP) is 2.98. The number of anilines is 1. The number of hydrogen-bond acceptors (Lipinski definition) is 6. The van der Waals surface area contributed by atoms with Crippen LogP contribution in [0.4, 0.5) is 5.69 Å². The molecule has 1 aromatic carbocycles. The summed E-state index contributed by atoms with van der Waals surface area (Å²) in [5.41, 5.74) is 0.657. The average Bonchev–Trinajstić information content (AvgIpc) is 3.14. The van der Waals surface area contributed by atoms with Gasteiger partial charge in [-0.1, -0.05) is 40.9 Å². The van der Waals surface area contributed by atoms with Gasteiger partial charge < -0.3 is 10.2 Å². The zero-order valence-corrected chi connectivity index (χ0v) is 16.3. The van der Waals surface area contributed by atoms with E-state index in [2.05, 4.69) is 10.3 Å². The van der Waals surface area contributed by atoms with Crippen LogP contribution in [0.1, 0.15) is 12.0 Å². The number of rotatable bonds is 4. The average molecular weight is 414 g/mol. The number of halogens is 2. The normalized spacial score (nSPS) is 25.0. The molecule has 2 aliphatic heterocycles. The Balaban J connectivity index is 1.68. The van der Waals surface area contributed by atoms with E-state index >= 15 is 0 Å². The number of hydrogen-bond donors (Lipinski definition) is 1. The van der Waals surface area contributed by atoms with Crippen molar-refractivity contribution >= 4 is 39.0 Å². The van der Waals surface area contributed by atoms with Crippen molar-refractivity contribution in [1.29, 1.82) is 0 Å². The van der Waals surface area contributed by atoms with Crippen molar-refractivity contribution in [3.8, 4) is 0 Å². The smallest absolute Gasteiger partial charge is 0.299 e. The summed E-state index contributed by atoms with van der Waals surface area (Å²) in [7, 11) is -3.92. The van der Waals surface area contributed by atoms with E-state index in [0.717, 1.165) is 5.56 Å². The lowest BCUT2D eigenvalue weighted by atomic mass is 10.2. The highest BCUT2D eigenvalue weighted by molar-refractivity contribution is 7.86. The first-order chi connectivity index (χ1) is 12.3. The fraction of sp³-hybridized carbons (Fsp3) is 0.353. The van der Waals surface area contributed by atoms with Gasteiger partial charge >= 0.3 is 0 Å². The molecule has 9 heteroatoms. The molecule has 2 aliphatic rings. The van der Waals surface area contributed by atoms with Crippen LogP contribution in [0, 0.1) is 6.92 Å². The lowest BCUT2D eigenvalue weighted by Crippen LogP contribution is -2.55. The minimum Gasteiger partial charge on any atom is -0.339 e. The van der Waals surface area contributed by atoms with Gasteiger partial charge in [0.15, 0.2) is 5.72 Å². The Morgan fingerprint density at radius 1 is 1.31 bits per heavy atom. The first kappa shape index (κ1) is 18.0. The minimum absolute atomic E-state index is 0.137. The van der Waals surface area contributed by atoms with Crippen LogP contribution in [0.15, 0.2) is 41.4 Å². The third-order valence-corrected chi connectivity index (χ3v) is 6.86. The van der Waals surface area contributed by atoms with Gasteiger partial charge in [0.2, 0.25) is 0 Å². The summed E-state index contributed by atoms with van der Waals surface area (Å²) in [6.07, 6.45) is 2.14. The number of fused-ring (bicyclic) bond motifs is 2. The van der Waals surface area contributed by atoms with Gasteiger partial charge in [0.05, 0.1) is 21.8 Å². The number of nitrogens with zero attached hydrogens (tertiary/aromatic N) is 2. The lowest BCUT2D eigenvalue weighted by Gasteiger charge is -2.39.